The minimum atomic E-state index is 0.862. The molecule has 1 aromatic carbocycles. The zero-order chi connectivity index (χ0) is 15.4. The Morgan fingerprint density at radius 2 is 1.14 bits per heavy atom. The molecule has 0 heterocycles. The summed E-state index contributed by atoms with van der Waals surface area (Å²) in [4.78, 5) is 0. The highest BCUT2D eigenvalue weighted by Crippen LogP contribution is 2.28. The standard InChI is InChI=1S/C22H30/c1-17-3-7-19(8-4-17)15-21-11-13-22(14-12-21)16-20-9-5-18(2)6-10-20/h3,5,11-14,19-20H,4,6-10,15-16H2,1-2H3. The van der Waals surface area contributed by atoms with Crippen molar-refractivity contribution in [3.8, 4) is 0 Å². The SMILES string of the molecule is CC1=CCC(Cc2ccc(CC3CC=C(C)CC3)cc2)CC1. The first kappa shape index (κ1) is 15.6. The van der Waals surface area contributed by atoms with E-state index in [0.717, 1.165) is 11.8 Å². The smallest absolute Gasteiger partial charge is 0.0247 e. The number of hydrogen-bond acceptors (Lipinski definition) is 0. The van der Waals surface area contributed by atoms with Gasteiger partial charge in [-0.3, -0.25) is 0 Å². The van der Waals surface area contributed by atoms with Gasteiger partial charge in [-0.25, -0.2) is 0 Å². The molecule has 0 saturated heterocycles. The number of benzene rings is 1. The van der Waals surface area contributed by atoms with Crippen LogP contribution < -0.4 is 0 Å². The zero-order valence-electron chi connectivity index (χ0n) is 14.3. The van der Waals surface area contributed by atoms with Gasteiger partial charge in [-0.15, -0.1) is 0 Å². The van der Waals surface area contributed by atoms with Gasteiger partial charge in [0.2, 0.25) is 0 Å². The third-order valence-electron chi connectivity index (χ3n) is 5.56. The zero-order valence-corrected chi connectivity index (χ0v) is 14.3. The van der Waals surface area contributed by atoms with Crippen LogP contribution in [-0.2, 0) is 12.8 Å². The molecular formula is C22H30. The summed E-state index contributed by atoms with van der Waals surface area (Å²) in [6.07, 6.45) is 15.3. The van der Waals surface area contributed by atoms with Crippen LogP contribution in [0.4, 0.5) is 0 Å². The Bertz CT molecular complexity index is 493. The fraction of sp³-hybridized carbons (Fsp3) is 0.545. The highest BCUT2D eigenvalue weighted by atomic mass is 14.2. The topological polar surface area (TPSA) is 0 Å². The molecule has 0 saturated carbocycles. The lowest BCUT2D eigenvalue weighted by Crippen LogP contribution is -2.09. The first-order valence-electron chi connectivity index (χ1n) is 9.08. The largest absolute Gasteiger partial charge is 0.0853 e. The molecule has 2 aliphatic carbocycles. The average molecular weight is 294 g/mol. The molecule has 2 unspecified atom stereocenters. The van der Waals surface area contributed by atoms with Crippen LogP contribution in [0.2, 0.25) is 0 Å². The second-order valence-electron chi connectivity index (χ2n) is 7.61. The predicted molar refractivity (Wildman–Crippen MR) is 96.0 cm³/mol. The van der Waals surface area contributed by atoms with Gasteiger partial charge in [-0.1, -0.05) is 47.6 Å². The van der Waals surface area contributed by atoms with Crippen LogP contribution in [0.5, 0.6) is 0 Å². The van der Waals surface area contributed by atoms with Crippen LogP contribution in [-0.4, -0.2) is 0 Å². The Kier molecular flexibility index (Phi) is 5.18. The lowest BCUT2D eigenvalue weighted by molar-refractivity contribution is 0.464. The maximum absolute atomic E-state index is 2.45. The summed E-state index contributed by atoms with van der Waals surface area (Å²) >= 11 is 0. The molecule has 118 valence electrons. The van der Waals surface area contributed by atoms with Crippen molar-refractivity contribution in [3.63, 3.8) is 0 Å². The fourth-order valence-electron chi connectivity index (χ4n) is 3.89. The van der Waals surface area contributed by atoms with Gasteiger partial charge in [0.1, 0.15) is 0 Å². The van der Waals surface area contributed by atoms with Gasteiger partial charge in [0.25, 0.3) is 0 Å². The number of hydrogen-bond donors (Lipinski definition) is 0. The summed E-state index contributed by atoms with van der Waals surface area (Å²) in [5.41, 5.74) is 6.23. The summed E-state index contributed by atoms with van der Waals surface area (Å²) < 4.78 is 0. The van der Waals surface area contributed by atoms with Crippen molar-refractivity contribution in [2.75, 3.05) is 0 Å². The van der Waals surface area contributed by atoms with E-state index in [-0.39, 0.29) is 0 Å². The molecule has 1 aromatic rings. The third-order valence-corrected chi connectivity index (χ3v) is 5.56. The van der Waals surface area contributed by atoms with E-state index in [4.69, 9.17) is 0 Å². The van der Waals surface area contributed by atoms with Gasteiger partial charge >= 0.3 is 0 Å². The summed E-state index contributed by atoms with van der Waals surface area (Å²) in [5.74, 6) is 1.72. The van der Waals surface area contributed by atoms with Crippen molar-refractivity contribution in [2.24, 2.45) is 11.8 Å². The van der Waals surface area contributed by atoms with Crippen molar-refractivity contribution in [2.45, 2.75) is 65.2 Å². The molecule has 3 rings (SSSR count). The molecule has 0 N–H and O–H groups in total. The van der Waals surface area contributed by atoms with Gasteiger partial charge in [-0.05, 0) is 88.2 Å². The minimum absolute atomic E-state index is 0.862. The van der Waals surface area contributed by atoms with Gasteiger partial charge in [0.05, 0.1) is 0 Å². The summed E-state index contributed by atoms with van der Waals surface area (Å²) in [7, 11) is 0. The van der Waals surface area contributed by atoms with E-state index in [1.807, 2.05) is 0 Å². The van der Waals surface area contributed by atoms with E-state index in [0.29, 0.717) is 0 Å². The second-order valence-corrected chi connectivity index (χ2v) is 7.61. The minimum Gasteiger partial charge on any atom is -0.0853 e. The van der Waals surface area contributed by atoms with E-state index >= 15 is 0 Å². The molecule has 2 aliphatic rings. The highest BCUT2D eigenvalue weighted by Gasteiger charge is 2.15. The van der Waals surface area contributed by atoms with E-state index in [9.17, 15) is 0 Å². The van der Waals surface area contributed by atoms with Crippen LogP contribution in [0.25, 0.3) is 0 Å². The van der Waals surface area contributed by atoms with Crippen LogP contribution in [0.3, 0.4) is 0 Å². The van der Waals surface area contributed by atoms with Gasteiger partial charge in [0.15, 0.2) is 0 Å². The van der Waals surface area contributed by atoms with Gasteiger partial charge in [-0.2, -0.15) is 0 Å². The molecule has 0 fully saturated rings. The van der Waals surface area contributed by atoms with Crippen molar-refractivity contribution in [3.05, 3.63) is 58.7 Å². The molecule has 0 nitrogen and oxygen atoms in total. The van der Waals surface area contributed by atoms with Crippen molar-refractivity contribution in [1.82, 2.24) is 0 Å². The fourth-order valence-corrected chi connectivity index (χ4v) is 3.89. The van der Waals surface area contributed by atoms with E-state index < -0.39 is 0 Å². The molecule has 0 bridgehead atoms. The number of rotatable bonds is 4. The second kappa shape index (κ2) is 7.31. The first-order valence-corrected chi connectivity index (χ1v) is 9.08. The van der Waals surface area contributed by atoms with Crippen LogP contribution in [0.15, 0.2) is 47.6 Å². The maximum atomic E-state index is 2.45. The molecule has 22 heavy (non-hydrogen) atoms. The van der Waals surface area contributed by atoms with Gasteiger partial charge < -0.3 is 0 Å². The van der Waals surface area contributed by atoms with E-state index in [1.54, 1.807) is 11.1 Å². The van der Waals surface area contributed by atoms with Crippen LogP contribution in [0, 0.1) is 11.8 Å². The Labute approximate surface area is 136 Å². The Morgan fingerprint density at radius 3 is 1.45 bits per heavy atom. The predicted octanol–water partition coefficient (Wildman–Crippen LogP) is 6.26. The summed E-state index contributed by atoms with van der Waals surface area (Å²) in [6, 6.07) is 9.52. The molecule has 0 aliphatic heterocycles. The average Bonchev–Trinajstić information content (AvgIpc) is 2.54. The molecule has 0 heteroatoms. The van der Waals surface area contributed by atoms with Gasteiger partial charge in [0, 0.05) is 0 Å². The monoisotopic (exact) mass is 294 g/mol. The lowest BCUT2D eigenvalue weighted by atomic mass is 9.84. The molecule has 0 spiro atoms. The quantitative estimate of drug-likeness (QED) is 0.574. The lowest BCUT2D eigenvalue weighted by Gasteiger charge is -2.21. The highest BCUT2D eigenvalue weighted by molar-refractivity contribution is 5.24. The molecular weight excluding hydrogens is 264 g/mol. The molecule has 0 aromatic heterocycles. The third kappa shape index (κ3) is 4.35. The van der Waals surface area contributed by atoms with Crippen LogP contribution in [0.1, 0.15) is 63.5 Å². The Balaban J connectivity index is 1.52. The molecule has 2 atom stereocenters. The summed E-state index contributed by atoms with van der Waals surface area (Å²) in [6.45, 7) is 4.54. The number of allylic oxidation sites excluding steroid dienone is 4. The first-order chi connectivity index (χ1) is 10.7. The normalized spacial score (nSPS) is 25.5. The molecule has 0 radical (unpaired) electrons. The maximum Gasteiger partial charge on any atom is -0.0247 e. The Hall–Kier alpha value is -1.30. The van der Waals surface area contributed by atoms with Crippen molar-refractivity contribution in [1.29, 1.82) is 0 Å². The van der Waals surface area contributed by atoms with Crippen LogP contribution >= 0.6 is 0 Å². The van der Waals surface area contributed by atoms with E-state index in [1.165, 1.54) is 62.5 Å². The Morgan fingerprint density at radius 1 is 0.727 bits per heavy atom. The van der Waals surface area contributed by atoms with Crippen molar-refractivity contribution >= 4 is 0 Å². The summed E-state index contributed by atoms with van der Waals surface area (Å²) in [5, 5.41) is 0. The van der Waals surface area contributed by atoms with Crippen molar-refractivity contribution < 1.29 is 0 Å². The molecule has 0 amide bonds. The van der Waals surface area contributed by atoms with E-state index in [2.05, 4.69) is 50.3 Å².